The molecule has 0 unspecified atom stereocenters. The zero-order valence-corrected chi connectivity index (χ0v) is 17.9. The molecule has 1 aromatic carbocycles. The number of hydrogen-bond donors (Lipinski definition) is 1. The molecule has 5 nitrogen and oxygen atoms in total. The molecule has 2 aliphatic heterocycles. The summed E-state index contributed by atoms with van der Waals surface area (Å²) in [6.07, 6.45) is 6.03. The Morgan fingerprint density at radius 2 is 1.93 bits per heavy atom. The fourth-order valence-corrected chi connectivity index (χ4v) is 5.07. The van der Waals surface area contributed by atoms with E-state index in [2.05, 4.69) is 53.8 Å². The van der Waals surface area contributed by atoms with Crippen LogP contribution in [0.4, 0.5) is 0 Å². The minimum Gasteiger partial charge on any atom is -0.490 e. The summed E-state index contributed by atoms with van der Waals surface area (Å²) in [5.41, 5.74) is 3.29. The van der Waals surface area contributed by atoms with Crippen LogP contribution in [-0.2, 0) is 6.42 Å². The van der Waals surface area contributed by atoms with Gasteiger partial charge in [0.25, 0.3) is 5.91 Å². The summed E-state index contributed by atoms with van der Waals surface area (Å²) >= 11 is 0. The van der Waals surface area contributed by atoms with E-state index in [-0.39, 0.29) is 18.1 Å². The molecule has 1 amide bonds. The van der Waals surface area contributed by atoms with Gasteiger partial charge in [0.2, 0.25) is 0 Å². The van der Waals surface area contributed by atoms with E-state index >= 15 is 0 Å². The third-order valence-corrected chi connectivity index (χ3v) is 6.99. The van der Waals surface area contributed by atoms with E-state index in [1.54, 1.807) is 0 Å². The van der Waals surface area contributed by atoms with Crippen LogP contribution in [0.1, 0.15) is 68.5 Å². The van der Waals surface area contributed by atoms with E-state index in [1.807, 2.05) is 0 Å². The Bertz CT molecular complexity index is 920. The van der Waals surface area contributed by atoms with Crippen molar-refractivity contribution in [1.82, 2.24) is 14.8 Å². The summed E-state index contributed by atoms with van der Waals surface area (Å²) in [7, 11) is 0. The first-order valence-electron chi connectivity index (χ1n) is 11.4. The Labute approximate surface area is 173 Å². The number of benzene rings is 1. The molecule has 1 saturated heterocycles. The van der Waals surface area contributed by atoms with Crippen molar-refractivity contribution in [2.24, 2.45) is 5.92 Å². The molecular weight excluding hydrogens is 362 g/mol. The van der Waals surface area contributed by atoms with Gasteiger partial charge >= 0.3 is 0 Å². The molecule has 0 bridgehead atoms. The molecular formula is C24H33N3O2. The molecule has 2 aromatic rings. The Hall–Kier alpha value is -2.01. The normalized spacial score (nSPS) is 23.4. The highest BCUT2D eigenvalue weighted by Crippen LogP contribution is 2.40. The quantitative estimate of drug-likeness (QED) is 0.827. The fourth-order valence-electron chi connectivity index (χ4n) is 5.07. The largest absolute Gasteiger partial charge is 0.490 e. The van der Waals surface area contributed by atoms with Gasteiger partial charge in [-0.2, -0.15) is 0 Å². The van der Waals surface area contributed by atoms with Gasteiger partial charge in [-0.1, -0.05) is 0 Å². The molecule has 29 heavy (non-hydrogen) atoms. The predicted octanol–water partition coefficient (Wildman–Crippen LogP) is 4.15. The molecule has 0 spiro atoms. The van der Waals surface area contributed by atoms with Crippen LogP contribution in [-0.4, -0.2) is 47.2 Å². The Morgan fingerprint density at radius 3 is 2.62 bits per heavy atom. The number of nitrogens with zero attached hydrogens (tertiary/aromatic N) is 2. The molecule has 1 atom stereocenters. The highest BCUT2D eigenvalue weighted by molar-refractivity contribution is 6.03. The van der Waals surface area contributed by atoms with Gasteiger partial charge in [0.1, 0.15) is 17.5 Å². The number of amides is 1. The highest BCUT2D eigenvalue weighted by Gasteiger charge is 2.33. The van der Waals surface area contributed by atoms with E-state index in [4.69, 9.17) is 4.74 Å². The van der Waals surface area contributed by atoms with Crippen molar-refractivity contribution in [3.63, 3.8) is 0 Å². The molecule has 5 heteroatoms. The lowest BCUT2D eigenvalue weighted by atomic mass is 10.0. The number of nitrogens with one attached hydrogen (secondary N) is 1. The molecule has 3 aliphatic rings. The molecule has 1 aromatic heterocycles. The molecule has 2 fully saturated rings. The summed E-state index contributed by atoms with van der Waals surface area (Å²) in [5, 5.41) is 4.30. The number of likely N-dealkylation sites (tertiary alicyclic amines) is 1. The van der Waals surface area contributed by atoms with Gasteiger partial charge in [-0.3, -0.25) is 4.79 Å². The lowest BCUT2D eigenvalue weighted by Gasteiger charge is -2.34. The second kappa shape index (κ2) is 7.35. The van der Waals surface area contributed by atoms with Crippen molar-refractivity contribution in [2.75, 3.05) is 19.6 Å². The molecule has 5 rings (SSSR count). The van der Waals surface area contributed by atoms with Crippen molar-refractivity contribution in [3.8, 4) is 5.75 Å². The van der Waals surface area contributed by atoms with Crippen LogP contribution in [0.2, 0.25) is 0 Å². The van der Waals surface area contributed by atoms with E-state index in [1.165, 1.54) is 29.3 Å². The average Bonchev–Trinajstić information content (AvgIpc) is 3.47. The van der Waals surface area contributed by atoms with Crippen LogP contribution in [0.25, 0.3) is 10.9 Å². The molecule has 1 N–H and O–H groups in total. The number of rotatable bonds is 5. The van der Waals surface area contributed by atoms with Gasteiger partial charge in [0, 0.05) is 42.6 Å². The average molecular weight is 396 g/mol. The van der Waals surface area contributed by atoms with Gasteiger partial charge in [-0.15, -0.1) is 0 Å². The highest BCUT2D eigenvalue weighted by atomic mass is 16.5. The summed E-state index contributed by atoms with van der Waals surface area (Å²) in [4.78, 5) is 15.3. The van der Waals surface area contributed by atoms with E-state index < -0.39 is 0 Å². The third kappa shape index (κ3) is 3.54. The van der Waals surface area contributed by atoms with Gasteiger partial charge in [-0.25, -0.2) is 0 Å². The van der Waals surface area contributed by atoms with E-state index in [0.29, 0.717) is 12.6 Å². The maximum Gasteiger partial charge on any atom is 0.268 e. The number of piperidine rings is 1. The Kier molecular flexibility index (Phi) is 4.81. The molecule has 1 saturated carbocycles. The topological polar surface area (TPSA) is 46.5 Å². The maximum absolute atomic E-state index is 12.7. The van der Waals surface area contributed by atoms with Gasteiger partial charge in [0.05, 0.1) is 0 Å². The summed E-state index contributed by atoms with van der Waals surface area (Å²) in [5.74, 6) is 1.77. The zero-order valence-electron chi connectivity index (χ0n) is 17.9. The number of ether oxygens (including phenoxy) is 1. The molecule has 3 heterocycles. The predicted molar refractivity (Wildman–Crippen MR) is 116 cm³/mol. The first kappa shape index (κ1) is 19.0. The molecule has 0 radical (unpaired) electrons. The SMILES string of the molecule is CC(C)N1CCC(Oc2ccc3c(c2)c(CC2CC2)c2n3[C@H](C)CNC2=O)CC1. The second-order valence-electron chi connectivity index (χ2n) is 9.53. The molecule has 156 valence electrons. The van der Waals surface area contributed by atoms with Gasteiger partial charge < -0.3 is 19.5 Å². The number of fused-ring (bicyclic) bond motifs is 3. The summed E-state index contributed by atoms with van der Waals surface area (Å²) in [6.45, 7) is 9.64. The van der Waals surface area contributed by atoms with Crippen LogP contribution < -0.4 is 10.1 Å². The first-order chi connectivity index (χ1) is 14.0. The van der Waals surface area contributed by atoms with Gasteiger partial charge in [0.15, 0.2) is 0 Å². The number of carbonyl (C=O) groups is 1. The third-order valence-electron chi connectivity index (χ3n) is 6.99. The van der Waals surface area contributed by atoms with Crippen LogP contribution in [0.15, 0.2) is 18.2 Å². The number of hydrogen-bond acceptors (Lipinski definition) is 3. The fraction of sp³-hybridized carbons (Fsp3) is 0.625. The molecule has 1 aliphatic carbocycles. The second-order valence-corrected chi connectivity index (χ2v) is 9.53. The van der Waals surface area contributed by atoms with Crippen molar-refractivity contribution in [3.05, 3.63) is 29.5 Å². The van der Waals surface area contributed by atoms with Crippen molar-refractivity contribution >= 4 is 16.8 Å². The summed E-state index contributed by atoms with van der Waals surface area (Å²) < 4.78 is 8.68. The van der Waals surface area contributed by atoms with Crippen LogP contribution >= 0.6 is 0 Å². The Morgan fingerprint density at radius 1 is 1.17 bits per heavy atom. The standard InChI is InChI=1S/C24H33N3O2/c1-15(2)26-10-8-18(9-11-26)29-19-6-7-22-20(13-19)21(12-17-4-5-17)23-24(28)25-14-16(3)27(22)23/h6-7,13,15-18H,4-5,8-12,14H2,1-3H3,(H,25,28)/t16-/m1/s1. The van der Waals surface area contributed by atoms with E-state index in [0.717, 1.165) is 49.7 Å². The first-order valence-corrected chi connectivity index (χ1v) is 11.4. The number of aromatic nitrogens is 1. The van der Waals surface area contributed by atoms with E-state index in [9.17, 15) is 4.79 Å². The van der Waals surface area contributed by atoms with Crippen molar-refractivity contribution in [2.45, 2.75) is 71.1 Å². The zero-order chi connectivity index (χ0) is 20.1. The minimum atomic E-state index is 0.0819. The van der Waals surface area contributed by atoms with Crippen molar-refractivity contribution in [1.29, 1.82) is 0 Å². The number of carbonyl (C=O) groups excluding carboxylic acids is 1. The lowest BCUT2D eigenvalue weighted by molar-refractivity contribution is 0.0844. The Balaban J connectivity index is 1.46. The minimum absolute atomic E-state index is 0.0819. The van der Waals surface area contributed by atoms with Gasteiger partial charge in [-0.05, 0) is 82.6 Å². The van der Waals surface area contributed by atoms with Crippen LogP contribution in [0, 0.1) is 5.92 Å². The van der Waals surface area contributed by atoms with Crippen molar-refractivity contribution < 1.29 is 9.53 Å². The maximum atomic E-state index is 12.7. The smallest absolute Gasteiger partial charge is 0.268 e. The lowest BCUT2D eigenvalue weighted by Crippen LogP contribution is -2.41. The monoisotopic (exact) mass is 395 g/mol. The van der Waals surface area contributed by atoms with Crippen LogP contribution in [0.5, 0.6) is 5.75 Å². The van der Waals surface area contributed by atoms with Crippen LogP contribution in [0.3, 0.4) is 0 Å². The summed E-state index contributed by atoms with van der Waals surface area (Å²) in [6, 6.07) is 7.36.